The molecule has 0 fully saturated rings. The highest BCUT2D eigenvalue weighted by atomic mass is 16.6. The fraction of sp³-hybridized carbons (Fsp3) is 0.267. The number of hydrogen-bond donors (Lipinski definition) is 1. The maximum absolute atomic E-state index is 10.7. The summed E-state index contributed by atoms with van der Waals surface area (Å²) in [4.78, 5) is 14.5. The molecule has 0 unspecified atom stereocenters. The van der Waals surface area contributed by atoms with Gasteiger partial charge >= 0.3 is 0 Å². The molecule has 0 aliphatic carbocycles. The maximum Gasteiger partial charge on any atom is 0.290 e. The number of pyridine rings is 1. The first-order valence-electron chi connectivity index (χ1n) is 6.48. The van der Waals surface area contributed by atoms with Crippen molar-refractivity contribution in [2.24, 2.45) is 0 Å². The summed E-state index contributed by atoms with van der Waals surface area (Å²) in [7, 11) is 0. The van der Waals surface area contributed by atoms with Gasteiger partial charge in [-0.1, -0.05) is 29.8 Å². The van der Waals surface area contributed by atoms with E-state index in [9.17, 15) is 10.1 Å². The second-order valence-electron chi connectivity index (χ2n) is 4.72. The molecule has 0 amide bonds. The SMILES string of the molecule is Cc1cccc(CCNc2ccc([N+](=O)[O-])c(C)n2)c1. The number of anilines is 1. The number of rotatable bonds is 5. The third-order valence-corrected chi connectivity index (χ3v) is 3.06. The van der Waals surface area contributed by atoms with Crippen molar-refractivity contribution in [3.8, 4) is 0 Å². The van der Waals surface area contributed by atoms with Crippen LogP contribution in [0.3, 0.4) is 0 Å². The zero-order chi connectivity index (χ0) is 14.5. The topological polar surface area (TPSA) is 68.1 Å². The first kappa shape index (κ1) is 14.0. The standard InChI is InChI=1S/C15H17N3O2/c1-11-4-3-5-13(10-11)8-9-16-15-7-6-14(18(19)20)12(2)17-15/h3-7,10H,8-9H2,1-2H3,(H,16,17). The number of nitrogens with one attached hydrogen (secondary N) is 1. The van der Waals surface area contributed by atoms with Crippen molar-refractivity contribution in [3.05, 3.63) is 63.3 Å². The Hall–Kier alpha value is -2.43. The number of nitrogens with zero attached hydrogens (tertiary/aromatic N) is 2. The number of aromatic nitrogens is 1. The van der Waals surface area contributed by atoms with E-state index in [0.29, 0.717) is 11.5 Å². The van der Waals surface area contributed by atoms with Crippen LogP contribution in [0.4, 0.5) is 11.5 Å². The van der Waals surface area contributed by atoms with E-state index in [1.807, 2.05) is 6.07 Å². The summed E-state index contributed by atoms with van der Waals surface area (Å²) in [5.41, 5.74) is 2.98. The van der Waals surface area contributed by atoms with Crippen LogP contribution in [0.5, 0.6) is 0 Å². The van der Waals surface area contributed by atoms with E-state index in [1.165, 1.54) is 17.2 Å². The Morgan fingerprint density at radius 1 is 1.25 bits per heavy atom. The van der Waals surface area contributed by atoms with Crippen molar-refractivity contribution < 1.29 is 4.92 Å². The van der Waals surface area contributed by atoms with Crippen LogP contribution in [0.2, 0.25) is 0 Å². The zero-order valence-corrected chi connectivity index (χ0v) is 11.6. The Morgan fingerprint density at radius 3 is 2.70 bits per heavy atom. The lowest BCUT2D eigenvalue weighted by molar-refractivity contribution is -0.385. The Balaban J connectivity index is 1.94. The van der Waals surface area contributed by atoms with Crippen LogP contribution in [0.25, 0.3) is 0 Å². The van der Waals surface area contributed by atoms with E-state index in [1.54, 1.807) is 13.0 Å². The van der Waals surface area contributed by atoms with Gasteiger partial charge in [0.05, 0.1) is 4.92 Å². The van der Waals surface area contributed by atoms with Crippen LogP contribution >= 0.6 is 0 Å². The molecule has 0 bridgehead atoms. The molecule has 0 saturated carbocycles. The average molecular weight is 271 g/mol. The Kier molecular flexibility index (Phi) is 4.30. The van der Waals surface area contributed by atoms with Gasteiger partial charge in [0.2, 0.25) is 0 Å². The predicted octanol–water partition coefficient (Wildman–Crippen LogP) is 3.26. The summed E-state index contributed by atoms with van der Waals surface area (Å²) < 4.78 is 0. The van der Waals surface area contributed by atoms with Gasteiger partial charge in [-0.15, -0.1) is 0 Å². The summed E-state index contributed by atoms with van der Waals surface area (Å²) in [6.45, 7) is 4.45. The molecule has 1 aromatic carbocycles. The van der Waals surface area contributed by atoms with Crippen molar-refractivity contribution in [2.75, 3.05) is 11.9 Å². The quantitative estimate of drug-likeness (QED) is 0.669. The Labute approximate surface area is 117 Å². The van der Waals surface area contributed by atoms with Crippen molar-refractivity contribution in [3.63, 3.8) is 0 Å². The van der Waals surface area contributed by atoms with Gasteiger partial charge in [-0.3, -0.25) is 10.1 Å². The van der Waals surface area contributed by atoms with E-state index in [4.69, 9.17) is 0 Å². The summed E-state index contributed by atoms with van der Waals surface area (Å²) in [6, 6.07) is 11.5. The molecule has 0 atom stereocenters. The predicted molar refractivity (Wildman–Crippen MR) is 79.0 cm³/mol. The van der Waals surface area contributed by atoms with Gasteiger partial charge in [-0.25, -0.2) is 4.98 Å². The number of hydrogen-bond acceptors (Lipinski definition) is 4. The lowest BCUT2D eigenvalue weighted by Crippen LogP contribution is -2.07. The second kappa shape index (κ2) is 6.14. The Bertz CT molecular complexity index is 626. The summed E-state index contributed by atoms with van der Waals surface area (Å²) >= 11 is 0. The fourth-order valence-corrected chi connectivity index (χ4v) is 2.05. The first-order valence-corrected chi connectivity index (χ1v) is 6.48. The molecule has 20 heavy (non-hydrogen) atoms. The third kappa shape index (κ3) is 3.54. The van der Waals surface area contributed by atoms with E-state index in [-0.39, 0.29) is 5.69 Å². The molecular formula is C15H17N3O2. The first-order chi connectivity index (χ1) is 9.56. The number of benzene rings is 1. The van der Waals surface area contributed by atoms with Crippen molar-refractivity contribution in [1.29, 1.82) is 0 Å². The van der Waals surface area contributed by atoms with Crippen molar-refractivity contribution in [1.82, 2.24) is 4.98 Å². The van der Waals surface area contributed by atoms with Crippen LogP contribution < -0.4 is 5.32 Å². The van der Waals surface area contributed by atoms with E-state index < -0.39 is 4.92 Å². The van der Waals surface area contributed by atoms with Crippen LogP contribution in [0.15, 0.2) is 36.4 Å². The van der Waals surface area contributed by atoms with Gasteiger partial charge in [0.25, 0.3) is 5.69 Å². The lowest BCUT2D eigenvalue weighted by Gasteiger charge is -2.07. The molecule has 0 saturated heterocycles. The highest BCUT2D eigenvalue weighted by Crippen LogP contribution is 2.17. The monoisotopic (exact) mass is 271 g/mol. The van der Waals surface area contributed by atoms with Gasteiger partial charge in [0.15, 0.2) is 0 Å². The van der Waals surface area contributed by atoms with Gasteiger partial charge in [-0.2, -0.15) is 0 Å². The van der Waals surface area contributed by atoms with Crippen LogP contribution in [-0.4, -0.2) is 16.5 Å². The van der Waals surface area contributed by atoms with Crippen LogP contribution in [0.1, 0.15) is 16.8 Å². The minimum absolute atomic E-state index is 0.0502. The largest absolute Gasteiger partial charge is 0.370 e. The molecule has 1 N–H and O–H groups in total. The number of aryl methyl sites for hydroxylation is 2. The molecule has 1 heterocycles. The van der Waals surface area contributed by atoms with Gasteiger partial charge < -0.3 is 5.32 Å². The molecule has 104 valence electrons. The highest BCUT2D eigenvalue weighted by Gasteiger charge is 2.11. The van der Waals surface area contributed by atoms with Crippen molar-refractivity contribution in [2.45, 2.75) is 20.3 Å². The zero-order valence-electron chi connectivity index (χ0n) is 11.6. The van der Waals surface area contributed by atoms with Gasteiger partial charge in [-0.05, 0) is 31.9 Å². The normalized spacial score (nSPS) is 10.3. The molecule has 0 aliphatic heterocycles. The molecule has 2 rings (SSSR count). The molecule has 0 radical (unpaired) electrons. The van der Waals surface area contributed by atoms with Gasteiger partial charge in [0, 0.05) is 12.6 Å². The molecular weight excluding hydrogens is 254 g/mol. The second-order valence-corrected chi connectivity index (χ2v) is 4.72. The van der Waals surface area contributed by atoms with Crippen LogP contribution in [-0.2, 0) is 6.42 Å². The molecule has 0 spiro atoms. The summed E-state index contributed by atoms with van der Waals surface area (Å²) in [5.74, 6) is 0.667. The molecule has 1 aromatic heterocycles. The molecule has 2 aromatic rings. The summed E-state index contributed by atoms with van der Waals surface area (Å²) in [6.07, 6.45) is 0.888. The Morgan fingerprint density at radius 2 is 2.05 bits per heavy atom. The minimum atomic E-state index is -0.418. The van der Waals surface area contributed by atoms with Crippen molar-refractivity contribution >= 4 is 11.5 Å². The van der Waals surface area contributed by atoms with E-state index in [2.05, 4.69) is 35.4 Å². The average Bonchev–Trinajstić information content (AvgIpc) is 2.38. The van der Waals surface area contributed by atoms with E-state index >= 15 is 0 Å². The smallest absolute Gasteiger partial charge is 0.290 e. The molecule has 5 nitrogen and oxygen atoms in total. The molecule has 5 heteroatoms. The fourth-order valence-electron chi connectivity index (χ4n) is 2.05. The van der Waals surface area contributed by atoms with Gasteiger partial charge in [0.1, 0.15) is 11.5 Å². The number of nitro groups is 1. The summed E-state index contributed by atoms with van der Waals surface area (Å²) in [5, 5.41) is 13.9. The lowest BCUT2D eigenvalue weighted by atomic mass is 10.1. The third-order valence-electron chi connectivity index (χ3n) is 3.06. The van der Waals surface area contributed by atoms with E-state index in [0.717, 1.165) is 13.0 Å². The van der Waals surface area contributed by atoms with Crippen LogP contribution in [0, 0.1) is 24.0 Å². The maximum atomic E-state index is 10.7. The minimum Gasteiger partial charge on any atom is -0.370 e. The highest BCUT2D eigenvalue weighted by molar-refractivity contribution is 5.44. The molecule has 0 aliphatic rings.